The van der Waals surface area contributed by atoms with Crippen LogP contribution in [0.3, 0.4) is 0 Å². The van der Waals surface area contributed by atoms with Gasteiger partial charge in [0.05, 0.1) is 0 Å². The minimum Gasteiger partial charge on any atom is -0.360 e. The topological polar surface area (TPSA) is 19.0 Å². The summed E-state index contributed by atoms with van der Waals surface area (Å²) < 4.78 is 1.85. The number of thioether (sulfide) groups is 1. The number of thiocarbonyl (C=S) groups is 1. The molecule has 0 unspecified atom stereocenters. The van der Waals surface area contributed by atoms with Crippen LogP contribution >= 0.6 is 52.5 Å². The van der Waals surface area contributed by atoms with Crippen LogP contribution in [0.1, 0.15) is 12.8 Å². The van der Waals surface area contributed by atoms with Gasteiger partial charge in [-0.3, -0.25) is 0 Å². The Kier molecular flexibility index (Phi) is 4.65. The Bertz CT molecular complexity index is 632. The molecule has 0 saturated carbocycles. The van der Waals surface area contributed by atoms with Crippen LogP contribution in [0.5, 0.6) is 0 Å². The number of thiol groups is 1. The van der Waals surface area contributed by atoms with E-state index in [1.54, 1.807) is 0 Å². The van der Waals surface area contributed by atoms with E-state index in [2.05, 4.69) is 62.8 Å². The van der Waals surface area contributed by atoms with Crippen LogP contribution in [-0.2, 0) is 0 Å². The van der Waals surface area contributed by atoms with Crippen molar-refractivity contribution in [3.8, 4) is 0 Å². The van der Waals surface area contributed by atoms with Gasteiger partial charge in [-0.2, -0.15) is 0 Å². The van der Waals surface area contributed by atoms with Crippen LogP contribution < -0.4 is 0 Å². The van der Waals surface area contributed by atoms with E-state index in [0.717, 1.165) is 34.7 Å². The number of benzene rings is 1. The molecule has 2 heterocycles. The van der Waals surface area contributed by atoms with Crippen molar-refractivity contribution in [1.29, 1.82) is 0 Å². The molecule has 1 aromatic carbocycles. The third-order valence-corrected chi connectivity index (χ3v) is 6.04. The quantitative estimate of drug-likeness (QED) is 0.575. The smallest absolute Gasteiger partial charge is 0.133 e. The molecule has 3 rings (SSSR count). The highest BCUT2D eigenvalue weighted by Crippen LogP contribution is 2.36. The monoisotopic (exact) mass is 386 g/mol. The van der Waals surface area contributed by atoms with Gasteiger partial charge in [0.25, 0.3) is 0 Å². The Morgan fingerprint density at radius 2 is 2.15 bits per heavy atom. The van der Waals surface area contributed by atoms with Crippen molar-refractivity contribution in [3.05, 3.63) is 28.9 Å². The van der Waals surface area contributed by atoms with Crippen LogP contribution in [0.25, 0.3) is 10.9 Å². The number of nitrogens with zero attached hydrogens (tertiary/aromatic N) is 1. The summed E-state index contributed by atoms with van der Waals surface area (Å²) in [6.07, 6.45) is 4.44. The summed E-state index contributed by atoms with van der Waals surface area (Å²) in [7, 11) is 0. The van der Waals surface area contributed by atoms with Crippen molar-refractivity contribution < 1.29 is 0 Å². The van der Waals surface area contributed by atoms with Gasteiger partial charge in [0.2, 0.25) is 0 Å². The van der Waals surface area contributed by atoms with E-state index in [1.807, 2.05) is 11.8 Å². The maximum Gasteiger partial charge on any atom is 0.133 e. The molecule has 1 N–H and O–H groups in total. The number of halogens is 1. The lowest BCUT2D eigenvalue weighted by molar-refractivity contribution is 0.359. The van der Waals surface area contributed by atoms with Crippen molar-refractivity contribution in [1.82, 2.24) is 9.88 Å². The van der Waals surface area contributed by atoms with E-state index in [9.17, 15) is 0 Å². The molecule has 2 nitrogen and oxygen atoms in total. The summed E-state index contributed by atoms with van der Waals surface area (Å²) in [6, 6.07) is 6.37. The largest absolute Gasteiger partial charge is 0.360 e. The van der Waals surface area contributed by atoms with Gasteiger partial charge in [0.1, 0.15) is 4.32 Å². The fourth-order valence-electron chi connectivity index (χ4n) is 2.51. The molecular formula is C14H15BrN2S3. The van der Waals surface area contributed by atoms with Gasteiger partial charge in [0, 0.05) is 44.8 Å². The van der Waals surface area contributed by atoms with Crippen molar-refractivity contribution in [2.45, 2.75) is 23.0 Å². The minimum absolute atomic E-state index is 0.659. The van der Waals surface area contributed by atoms with Gasteiger partial charge >= 0.3 is 0 Å². The first-order chi connectivity index (χ1) is 9.63. The molecule has 0 bridgehead atoms. The average molecular weight is 387 g/mol. The fraction of sp³-hybridized carbons (Fsp3) is 0.357. The van der Waals surface area contributed by atoms with E-state index in [-0.39, 0.29) is 0 Å². The van der Waals surface area contributed by atoms with E-state index in [4.69, 9.17) is 12.2 Å². The van der Waals surface area contributed by atoms with Gasteiger partial charge in [-0.15, -0.1) is 24.4 Å². The molecule has 6 heteroatoms. The first-order valence-corrected chi connectivity index (χ1v) is 9.07. The molecule has 1 aliphatic heterocycles. The zero-order chi connectivity index (χ0) is 14.1. The Morgan fingerprint density at radius 3 is 2.85 bits per heavy atom. The van der Waals surface area contributed by atoms with E-state index >= 15 is 0 Å². The zero-order valence-corrected chi connectivity index (χ0v) is 14.9. The Morgan fingerprint density at radius 1 is 1.40 bits per heavy atom. The summed E-state index contributed by atoms with van der Waals surface area (Å²) >= 11 is 14.9. The summed E-state index contributed by atoms with van der Waals surface area (Å²) in [5.74, 6) is 0. The van der Waals surface area contributed by atoms with E-state index in [0.29, 0.717) is 5.25 Å². The number of fused-ring (bicyclic) bond motifs is 1. The molecule has 1 fully saturated rings. The summed E-state index contributed by atoms with van der Waals surface area (Å²) in [4.78, 5) is 6.87. The third kappa shape index (κ3) is 3.18. The number of aromatic nitrogens is 1. The van der Waals surface area contributed by atoms with Gasteiger partial charge in [0.15, 0.2) is 0 Å². The lowest BCUT2D eigenvalue weighted by Crippen LogP contribution is -2.36. The summed E-state index contributed by atoms with van der Waals surface area (Å²) in [5, 5.41) is 1.96. The van der Waals surface area contributed by atoms with Crippen LogP contribution in [-0.4, -0.2) is 32.5 Å². The van der Waals surface area contributed by atoms with E-state index in [1.165, 1.54) is 15.8 Å². The lowest BCUT2D eigenvalue weighted by Gasteiger charge is -2.31. The minimum atomic E-state index is 0.659. The lowest BCUT2D eigenvalue weighted by atomic mass is 10.1. The standard InChI is InChI=1S/C14H15BrN2S3/c15-9-1-2-12-11(7-9)13(8-16-12)20-10-3-5-17(6-4-10)14(18)19/h1-2,7-8,10,16H,3-6H2,(H,18,19). The SMILES string of the molecule is S=C(S)N1CCC(Sc2c[nH]c3ccc(Br)cc23)CC1. The Labute approximate surface area is 142 Å². The molecule has 0 spiro atoms. The van der Waals surface area contributed by atoms with Crippen molar-refractivity contribution in [2.75, 3.05) is 13.1 Å². The second-order valence-corrected chi connectivity index (χ2v) is 8.30. The third-order valence-electron chi connectivity index (χ3n) is 3.61. The van der Waals surface area contributed by atoms with Crippen molar-refractivity contribution in [3.63, 3.8) is 0 Å². The van der Waals surface area contributed by atoms with E-state index < -0.39 is 0 Å². The number of likely N-dealkylation sites (tertiary alicyclic amines) is 1. The highest BCUT2D eigenvalue weighted by atomic mass is 79.9. The molecule has 0 atom stereocenters. The van der Waals surface area contributed by atoms with Crippen molar-refractivity contribution >= 4 is 67.8 Å². The Hall–Kier alpha value is -0.170. The molecule has 20 heavy (non-hydrogen) atoms. The fourth-order valence-corrected chi connectivity index (χ4v) is 4.48. The van der Waals surface area contributed by atoms with Crippen LogP contribution in [0.2, 0.25) is 0 Å². The molecule has 0 aliphatic carbocycles. The van der Waals surface area contributed by atoms with Gasteiger partial charge in [-0.05, 0) is 31.0 Å². The number of aromatic amines is 1. The second-order valence-electron chi connectivity index (χ2n) is 4.93. The molecule has 1 aliphatic rings. The van der Waals surface area contributed by atoms with Crippen LogP contribution in [0.15, 0.2) is 33.8 Å². The number of rotatable bonds is 2. The first kappa shape index (κ1) is 14.8. The Balaban J connectivity index is 1.71. The number of nitrogens with one attached hydrogen (secondary N) is 1. The maximum atomic E-state index is 5.12. The normalized spacial score (nSPS) is 16.8. The molecule has 2 aromatic rings. The summed E-state index contributed by atoms with van der Waals surface area (Å²) in [5.41, 5.74) is 1.20. The number of H-pyrrole nitrogens is 1. The van der Waals surface area contributed by atoms with Gasteiger partial charge in [-0.1, -0.05) is 28.1 Å². The zero-order valence-electron chi connectivity index (χ0n) is 10.8. The van der Waals surface area contributed by atoms with Crippen LogP contribution in [0, 0.1) is 0 Å². The maximum absolute atomic E-state index is 5.12. The number of piperidine rings is 1. The first-order valence-electron chi connectivity index (χ1n) is 6.54. The van der Waals surface area contributed by atoms with Crippen molar-refractivity contribution in [2.24, 2.45) is 0 Å². The predicted molar refractivity (Wildman–Crippen MR) is 98.0 cm³/mol. The van der Waals surface area contributed by atoms with Gasteiger partial charge in [-0.25, -0.2) is 0 Å². The summed E-state index contributed by atoms with van der Waals surface area (Å²) in [6.45, 7) is 2.04. The van der Waals surface area contributed by atoms with Crippen LogP contribution in [0.4, 0.5) is 0 Å². The highest BCUT2D eigenvalue weighted by Gasteiger charge is 2.21. The van der Waals surface area contributed by atoms with Gasteiger partial charge < -0.3 is 9.88 Å². The predicted octanol–water partition coefficient (Wildman–Crippen LogP) is 4.70. The number of hydrogen-bond acceptors (Lipinski definition) is 2. The molecule has 106 valence electrons. The highest BCUT2D eigenvalue weighted by molar-refractivity contribution is 9.10. The molecular weight excluding hydrogens is 372 g/mol. The number of hydrogen-bond donors (Lipinski definition) is 2. The molecule has 1 aromatic heterocycles. The second kappa shape index (κ2) is 6.30. The molecule has 0 amide bonds. The average Bonchev–Trinajstić information content (AvgIpc) is 2.82. The molecule has 0 radical (unpaired) electrons. The molecule has 1 saturated heterocycles.